The number of carbonyl (C=O) groups excluding carboxylic acids is 3. The molecule has 0 amide bonds. The first-order valence-corrected chi connectivity index (χ1v) is 8.12. The summed E-state index contributed by atoms with van der Waals surface area (Å²) in [6, 6.07) is 9.14. The van der Waals surface area contributed by atoms with Gasteiger partial charge in [-0.15, -0.1) is 0 Å². The van der Waals surface area contributed by atoms with E-state index in [1.54, 1.807) is 0 Å². The predicted octanol–water partition coefficient (Wildman–Crippen LogP) is 2.91. The van der Waals surface area contributed by atoms with E-state index in [9.17, 15) is 14.4 Å². The van der Waals surface area contributed by atoms with E-state index < -0.39 is 23.0 Å². The van der Waals surface area contributed by atoms with Crippen LogP contribution in [-0.2, 0) is 30.3 Å². The van der Waals surface area contributed by atoms with Crippen LogP contribution >= 0.6 is 0 Å². The van der Waals surface area contributed by atoms with E-state index in [0.29, 0.717) is 0 Å². The highest BCUT2D eigenvalue weighted by Gasteiger charge is 2.42. The molecular weight excluding hydrogens is 319 g/mol. The van der Waals surface area contributed by atoms with Crippen LogP contribution in [0, 0.1) is 5.41 Å². The van der Waals surface area contributed by atoms with Gasteiger partial charge in [-0.2, -0.15) is 0 Å². The lowest BCUT2D eigenvalue weighted by Gasteiger charge is -2.28. The van der Waals surface area contributed by atoms with E-state index in [2.05, 4.69) is 4.74 Å². The normalized spacial score (nSPS) is 11.0. The second-order valence-corrected chi connectivity index (χ2v) is 6.51. The number of carbonyl (C=O) groups is 3. The van der Waals surface area contributed by atoms with Crippen molar-refractivity contribution in [3.63, 3.8) is 0 Å². The Bertz CT molecular complexity index is 579. The van der Waals surface area contributed by atoms with Gasteiger partial charge in [0.2, 0.25) is 5.60 Å². The van der Waals surface area contributed by atoms with Crippen LogP contribution in [0.5, 0.6) is 0 Å². The summed E-state index contributed by atoms with van der Waals surface area (Å²) in [5, 5.41) is 0. The van der Waals surface area contributed by atoms with Crippen molar-refractivity contribution < 1.29 is 23.9 Å². The SMILES string of the molecule is COC(=O)C(C)(C)OC(=O)C(C)(C)C(=O)Cc1ccccc1.[B]CC. The molecule has 0 bridgehead atoms. The van der Waals surface area contributed by atoms with Crippen molar-refractivity contribution in [3.05, 3.63) is 35.9 Å². The number of hydrogen-bond donors (Lipinski definition) is 0. The molecule has 1 rings (SSSR count). The van der Waals surface area contributed by atoms with Gasteiger partial charge in [0.15, 0.2) is 5.78 Å². The van der Waals surface area contributed by atoms with E-state index in [0.717, 1.165) is 11.9 Å². The molecule has 0 saturated heterocycles. The molecule has 25 heavy (non-hydrogen) atoms. The van der Waals surface area contributed by atoms with Crippen LogP contribution in [0.15, 0.2) is 30.3 Å². The minimum atomic E-state index is -1.43. The number of Topliss-reactive ketones (excluding diaryl/α,β-unsaturated/α-hetero) is 1. The second-order valence-electron chi connectivity index (χ2n) is 6.51. The fourth-order valence-corrected chi connectivity index (χ4v) is 1.76. The van der Waals surface area contributed by atoms with Gasteiger partial charge in [0.05, 0.1) is 15.0 Å². The molecule has 0 saturated carbocycles. The highest BCUT2D eigenvalue weighted by molar-refractivity contribution is 6.08. The van der Waals surface area contributed by atoms with Crippen LogP contribution in [0.1, 0.15) is 40.2 Å². The number of benzene rings is 1. The summed E-state index contributed by atoms with van der Waals surface area (Å²) in [5.74, 6) is -1.69. The molecule has 0 aliphatic carbocycles. The summed E-state index contributed by atoms with van der Waals surface area (Å²) in [5.41, 5.74) is -1.96. The highest BCUT2D eigenvalue weighted by Crippen LogP contribution is 2.25. The maximum absolute atomic E-state index is 12.4. The molecule has 136 valence electrons. The summed E-state index contributed by atoms with van der Waals surface area (Å²) in [7, 11) is 6.06. The minimum absolute atomic E-state index is 0.127. The average Bonchev–Trinajstić information content (AvgIpc) is 2.55. The number of hydrogen-bond acceptors (Lipinski definition) is 5. The molecule has 5 nitrogen and oxygen atoms in total. The van der Waals surface area contributed by atoms with Gasteiger partial charge in [-0.05, 0) is 33.3 Å². The maximum Gasteiger partial charge on any atom is 0.349 e. The fraction of sp³-hybridized carbons (Fsp3) is 0.526. The Kier molecular flexibility index (Phi) is 9.17. The topological polar surface area (TPSA) is 69.7 Å². The Morgan fingerprint density at radius 2 is 1.48 bits per heavy atom. The third-order valence-electron chi connectivity index (χ3n) is 3.44. The van der Waals surface area contributed by atoms with Gasteiger partial charge in [-0.3, -0.25) is 9.59 Å². The molecule has 0 N–H and O–H groups in total. The summed E-state index contributed by atoms with van der Waals surface area (Å²) in [6.07, 6.45) is 0.877. The molecule has 2 radical (unpaired) electrons. The van der Waals surface area contributed by atoms with E-state index in [-0.39, 0.29) is 12.2 Å². The number of methoxy groups -OCH3 is 1. The van der Waals surface area contributed by atoms with Gasteiger partial charge < -0.3 is 9.47 Å². The molecule has 0 fully saturated rings. The number of ketones is 1. The minimum Gasteiger partial charge on any atom is -0.466 e. The van der Waals surface area contributed by atoms with Crippen molar-refractivity contribution in [2.75, 3.05) is 7.11 Å². The Morgan fingerprint density at radius 1 is 1.00 bits per heavy atom. The molecule has 0 aromatic heterocycles. The Labute approximate surface area is 151 Å². The fourth-order valence-electron chi connectivity index (χ4n) is 1.76. The molecule has 1 aromatic rings. The zero-order chi connectivity index (χ0) is 19.7. The summed E-state index contributed by atoms with van der Waals surface area (Å²) in [6.45, 7) is 7.74. The van der Waals surface area contributed by atoms with Gasteiger partial charge in [0.25, 0.3) is 0 Å². The largest absolute Gasteiger partial charge is 0.466 e. The Morgan fingerprint density at radius 3 is 1.92 bits per heavy atom. The highest BCUT2D eigenvalue weighted by atomic mass is 16.6. The number of ether oxygens (including phenoxy) is 2. The lowest BCUT2D eigenvalue weighted by Crippen LogP contribution is -2.45. The first-order chi connectivity index (χ1) is 11.5. The van der Waals surface area contributed by atoms with Gasteiger partial charge in [0, 0.05) is 6.42 Å². The molecule has 1 aromatic carbocycles. The second kappa shape index (κ2) is 10.0. The van der Waals surface area contributed by atoms with Crippen LogP contribution in [0.25, 0.3) is 0 Å². The van der Waals surface area contributed by atoms with Crippen LogP contribution < -0.4 is 0 Å². The predicted molar refractivity (Wildman–Crippen MR) is 97.4 cm³/mol. The number of rotatable bonds is 6. The quantitative estimate of drug-likeness (QED) is 0.450. The average molecular weight is 346 g/mol. The van der Waals surface area contributed by atoms with Gasteiger partial charge >= 0.3 is 11.9 Å². The van der Waals surface area contributed by atoms with Crippen LogP contribution in [0.2, 0.25) is 6.32 Å². The zero-order valence-corrected chi connectivity index (χ0v) is 15.9. The van der Waals surface area contributed by atoms with Crippen LogP contribution in [0.3, 0.4) is 0 Å². The third kappa shape index (κ3) is 7.12. The first kappa shape index (κ1) is 22.9. The van der Waals surface area contributed by atoms with Gasteiger partial charge in [0.1, 0.15) is 5.41 Å². The zero-order valence-electron chi connectivity index (χ0n) is 15.9. The molecule has 0 spiro atoms. The Balaban J connectivity index is 0.00000178. The van der Waals surface area contributed by atoms with Crippen molar-refractivity contribution in [3.8, 4) is 0 Å². The standard InChI is InChI=1S/C17H22O5.C2H5B/c1-16(2,13(18)11-12-9-7-6-8-10-12)14(19)22-17(3,4)15(20)21-5;1-2-3/h6-10H,11H2,1-5H3;2H2,1H3. The van der Waals surface area contributed by atoms with Crippen molar-refractivity contribution in [2.45, 2.75) is 53.0 Å². The molecule has 0 aliphatic heterocycles. The monoisotopic (exact) mass is 346 g/mol. The van der Waals surface area contributed by atoms with E-state index in [1.165, 1.54) is 34.8 Å². The lowest BCUT2D eigenvalue weighted by atomic mass is 9.84. The molecule has 0 unspecified atom stereocenters. The lowest BCUT2D eigenvalue weighted by molar-refractivity contribution is -0.183. The summed E-state index contributed by atoms with van der Waals surface area (Å²) in [4.78, 5) is 36.2. The van der Waals surface area contributed by atoms with E-state index in [1.807, 2.05) is 37.3 Å². The van der Waals surface area contributed by atoms with Gasteiger partial charge in [-0.1, -0.05) is 43.6 Å². The third-order valence-corrected chi connectivity index (χ3v) is 3.44. The van der Waals surface area contributed by atoms with E-state index >= 15 is 0 Å². The molecule has 0 atom stereocenters. The summed E-state index contributed by atoms with van der Waals surface area (Å²) >= 11 is 0. The maximum atomic E-state index is 12.4. The summed E-state index contributed by atoms with van der Waals surface area (Å²) < 4.78 is 9.76. The molecule has 6 heteroatoms. The molecular formula is C19H27BO5. The first-order valence-electron chi connectivity index (χ1n) is 8.12. The van der Waals surface area contributed by atoms with Crippen molar-refractivity contribution in [2.24, 2.45) is 5.41 Å². The van der Waals surface area contributed by atoms with Crippen LogP contribution in [-0.4, -0.2) is 38.3 Å². The Hall–Kier alpha value is -2.11. The van der Waals surface area contributed by atoms with Crippen molar-refractivity contribution >= 4 is 25.6 Å². The number of esters is 2. The van der Waals surface area contributed by atoms with Crippen LogP contribution in [0.4, 0.5) is 0 Å². The molecule has 0 heterocycles. The molecule has 0 aliphatic rings. The van der Waals surface area contributed by atoms with Crippen molar-refractivity contribution in [1.29, 1.82) is 0 Å². The van der Waals surface area contributed by atoms with Gasteiger partial charge in [-0.25, -0.2) is 4.79 Å². The van der Waals surface area contributed by atoms with Crippen molar-refractivity contribution in [1.82, 2.24) is 0 Å². The smallest absolute Gasteiger partial charge is 0.349 e. The van der Waals surface area contributed by atoms with E-state index in [4.69, 9.17) is 12.6 Å².